The van der Waals surface area contributed by atoms with E-state index in [0.29, 0.717) is 39.3 Å². The number of hydrazone groups is 1. The molecule has 0 saturated carbocycles. The first-order chi connectivity index (χ1) is 15.0. The molecule has 2 aromatic carbocycles. The molecule has 0 bridgehead atoms. The summed E-state index contributed by atoms with van der Waals surface area (Å²) in [4.78, 5) is 16.0. The Bertz CT molecular complexity index is 1090. The van der Waals surface area contributed by atoms with E-state index in [1.165, 1.54) is 6.21 Å². The lowest BCUT2D eigenvalue weighted by Crippen LogP contribution is -2.17. The first-order valence-corrected chi connectivity index (χ1v) is 10.8. The molecule has 3 rings (SSSR count). The Balaban J connectivity index is 1.74. The lowest BCUT2D eigenvalue weighted by molar-refractivity contribution is 0.0955. The van der Waals surface area contributed by atoms with Gasteiger partial charge >= 0.3 is 0 Å². The Morgan fingerprint density at radius 1 is 1.13 bits per heavy atom. The van der Waals surface area contributed by atoms with Crippen LogP contribution in [0.5, 0.6) is 11.5 Å². The molecule has 0 aliphatic rings. The fourth-order valence-corrected chi connectivity index (χ4v) is 3.44. The molecule has 0 aliphatic carbocycles. The van der Waals surface area contributed by atoms with Crippen molar-refractivity contribution in [2.75, 3.05) is 6.61 Å². The molecule has 9 heteroatoms. The summed E-state index contributed by atoms with van der Waals surface area (Å²) in [6.45, 7) is 2.58. The Kier molecular flexibility index (Phi) is 8.28. The van der Waals surface area contributed by atoms with Crippen LogP contribution in [0.2, 0.25) is 10.0 Å². The van der Waals surface area contributed by atoms with Crippen LogP contribution in [0.15, 0.2) is 64.4 Å². The van der Waals surface area contributed by atoms with Gasteiger partial charge in [-0.25, -0.2) is 5.43 Å². The maximum atomic E-state index is 12.1. The van der Waals surface area contributed by atoms with Crippen molar-refractivity contribution in [3.8, 4) is 11.5 Å². The van der Waals surface area contributed by atoms with Crippen LogP contribution in [-0.4, -0.2) is 23.7 Å². The SMILES string of the molecule is CCOc1cc(/C=N\NC(=O)c2ccncc2)c(Br)cc1OCc1ccc(Cl)cc1Cl. The van der Waals surface area contributed by atoms with Crippen LogP contribution in [0.4, 0.5) is 0 Å². The number of benzene rings is 2. The Labute approximate surface area is 198 Å². The van der Waals surface area contributed by atoms with Crippen LogP contribution in [0.3, 0.4) is 0 Å². The molecule has 3 aromatic rings. The summed E-state index contributed by atoms with van der Waals surface area (Å²) in [5.74, 6) is 0.745. The number of halogens is 3. The van der Waals surface area contributed by atoms with Gasteiger partial charge in [-0.3, -0.25) is 9.78 Å². The molecule has 1 N–H and O–H groups in total. The molecule has 0 spiro atoms. The van der Waals surface area contributed by atoms with Crippen LogP contribution < -0.4 is 14.9 Å². The minimum absolute atomic E-state index is 0.248. The van der Waals surface area contributed by atoms with E-state index in [2.05, 4.69) is 31.4 Å². The third-order valence-electron chi connectivity index (χ3n) is 4.07. The van der Waals surface area contributed by atoms with E-state index in [4.69, 9.17) is 32.7 Å². The Morgan fingerprint density at radius 3 is 2.58 bits per heavy atom. The number of carbonyl (C=O) groups excluding carboxylic acids is 1. The third kappa shape index (κ3) is 6.43. The number of ether oxygens (including phenoxy) is 2. The number of hydrogen-bond acceptors (Lipinski definition) is 5. The van der Waals surface area contributed by atoms with Crippen molar-refractivity contribution in [3.63, 3.8) is 0 Å². The maximum Gasteiger partial charge on any atom is 0.271 e. The van der Waals surface area contributed by atoms with Crippen LogP contribution in [0, 0.1) is 0 Å². The van der Waals surface area contributed by atoms with Crippen LogP contribution in [0.25, 0.3) is 0 Å². The van der Waals surface area contributed by atoms with E-state index >= 15 is 0 Å². The zero-order chi connectivity index (χ0) is 22.2. The highest BCUT2D eigenvalue weighted by Crippen LogP contribution is 2.34. The average molecular weight is 523 g/mol. The monoisotopic (exact) mass is 521 g/mol. The number of carbonyl (C=O) groups is 1. The highest BCUT2D eigenvalue weighted by molar-refractivity contribution is 9.10. The second-order valence-corrected chi connectivity index (χ2v) is 7.91. The molecule has 1 heterocycles. The number of rotatable bonds is 8. The summed E-state index contributed by atoms with van der Waals surface area (Å²) in [5, 5.41) is 5.11. The van der Waals surface area contributed by atoms with Crippen molar-refractivity contribution in [2.24, 2.45) is 5.10 Å². The van der Waals surface area contributed by atoms with E-state index < -0.39 is 0 Å². The molecule has 31 heavy (non-hydrogen) atoms. The number of amides is 1. The number of aromatic nitrogens is 1. The molecule has 0 unspecified atom stereocenters. The van der Waals surface area contributed by atoms with Crippen LogP contribution >= 0.6 is 39.1 Å². The summed E-state index contributed by atoms with van der Waals surface area (Å²) in [6, 6.07) is 12.0. The lowest BCUT2D eigenvalue weighted by atomic mass is 10.2. The first kappa shape index (κ1) is 23.1. The van der Waals surface area contributed by atoms with Gasteiger partial charge in [0.2, 0.25) is 0 Å². The molecule has 0 aliphatic heterocycles. The van der Waals surface area contributed by atoms with Gasteiger partial charge in [-0.05, 0) is 59.3 Å². The summed E-state index contributed by atoms with van der Waals surface area (Å²) >= 11 is 15.7. The molecular weight excluding hydrogens is 505 g/mol. The zero-order valence-corrected chi connectivity index (χ0v) is 19.5. The van der Waals surface area contributed by atoms with Gasteiger partial charge in [-0.1, -0.05) is 29.3 Å². The summed E-state index contributed by atoms with van der Waals surface area (Å²) in [6.07, 6.45) is 4.60. The quantitative estimate of drug-likeness (QED) is 0.295. The van der Waals surface area contributed by atoms with Gasteiger partial charge in [-0.2, -0.15) is 5.10 Å². The average Bonchev–Trinajstić information content (AvgIpc) is 2.76. The number of nitrogens with zero attached hydrogens (tertiary/aromatic N) is 2. The van der Waals surface area contributed by atoms with Gasteiger partial charge in [0.1, 0.15) is 6.61 Å². The van der Waals surface area contributed by atoms with E-state index in [-0.39, 0.29) is 12.5 Å². The van der Waals surface area contributed by atoms with Crippen LogP contribution in [-0.2, 0) is 6.61 Å². The number of pyridine rings is 1. The summed E-state index contributed by atoms with van der Waals surface area (Å²) in [5.41, 5.74) is 4.45. The van der Waals surface area contributed by atoms with Crippen molar-refractivity contribution < 1.29 is 14.3 Å². The van der Waals surface area contributed by atoms with Gasteiger partial charge in [-0.15, -0.1) is 0 Å². The van der Waals surface area contributed by atoms with E-state index in [1.807, 2.05) is 13.0 Å². The fraction of sp³-hybridized carbons (Fsp3) is 0.136. The minimum atomic E-state index is -0.334. The molecule has 1 amide bonds. The van der Waals surface area contributed by atoms with Crippen molar-refractivity contribution in [3.05, 3.63) is 86.1 Å². The van der Waals surface area contributed by atoms with Gasteiger partial charge in [0.05, 0.1) is 12.8 Å². The fourth-order valence-electron chi connectivity index (χ4n) is 2.55. The van der Waals surface area contributed by atoms with Gasteiger partial charge in [0, 0.05) is 43.6 Å². The first-order valence-electron chi connectivity index (χ1n) is 9.24. The Morgan fingerprint density at radius 2 is 1.87 bits per heavy atom. The van der Waals surface area contributed by atoms with Crippen molar-refractivity contribution in [1.82, 2.24) is 10.4 Å². The van der Waals surface area contributed by atoms with E-state index in [0.717, 1.165) is 10.0 Å². The highest BCUT2D eigenvalue weighted by atomic mass is 79.9. The Hall–Kier alpha value is -2.61. The normalized spacial score (nSPS) is 10.8. The maximum absolute atomic E-state index is 12.1. The largest absolute Gasteiger partial charge is 0.490 e. The predicted molar refractivity (Wildman–Crippen MR) is 125 cm³/mol. The zero-order valence-electron chi connectivity index (χ0n) is 16.4. The third-order valence-corrected chi connectivity index (χ3v) is 5.35. The summed E-state index contributed by atoms with van der Waals surface area (Å²) in [7, 11) is 0. The molecule has 1 aromatic heterocycles. The standard InChI is InChI=1S/C22H18BrCl2N3O3/c1-2-30-20-9-16(12-27-28-22(29)14-5-7-26-8-6-14)18(23)11-21(20)31-13-15-3-4-17(24)10-19(15)25/h3-12H,2,13H2,1H3,(H,28,29)/b27-12-. The second-order valence-electron chi connectivity index (χ2n) is 6.21. The molecule has 160 valence electrons. The topological polar surface area (TPSA) is 72.8 Å². The number of hydrogen-bond donors (Lipinski definition) is 1. The highest BCUT2D eigenvalue weighted by Gasteiger charge is 2.12. The van der Waals surface area contributed by atoms with Gasteiger partial charge in [0.25, 0.3) is 5.91 Å². The molecule has 0 radical (unpaired) electrons. The predicted octanol–water partition coefficient (Wildman–Crippen LogP) is 5.89. The molecule has 0 saturated heterocycles. The van der Waals surface area contributed by atoms with Crippen molar-refractivity contribution >= 4 is 51.3 Å². The second kappa shape index (κ2) is 11.1. The van der Waals surface area contributed by atoms with Crippen molar-refractivity contribution in [2.45, 2.75) is 13.5 Å². The smallest absolute Gasteiger partial charge is 0.271 e. The lowest BCUT2D eigenvalue weighted by Gasteiger charge is -2.14. The van der Waals surface area contributed by atoms with Gasteiger partial charge < -0.3 is 9.47 Å². The molecule has 0 fully saturated rings. The van der Waals surface area contributed by atoms with E-state index in [9.17, 15) is 4.79 Å². The molecule has 0 atom stereocenters. The van der Waals surface area contributed by atoms with E-state index in [1.54, 1.807) is 48.8 Å². The summed E-state index contributed by atoms with van der Waals surface area (Å²) < 4.78 is 12.4. The van der Waals surface area contributed by atoms with Gasteiger partial charge in [0.15, 0.2) is 11.5 Å². The molecule has 6 nitrogen and oxygen atoms in total. The van der Waals surface area contributed by atoms with Crippen molar-refractivity contribution in [1.29, 1.82) is 0 Å². The minimum Gasteiger partial charge on any atom is -0.490 e. The van der Waals surface area contributed by atoms with Crippen LogP contribution in [0.1, 0.15) is 28.4 Å². The molecular formula is C22H18BrCl2N3O3. The number of nitrogens with one attached hydrogen (secondary N) is 1.